The number of benzene rings is 3. The number of nitrogens with one attached hydrogen (secondary N) is 4. The third kappa shape index (κ3) is 6.59. The van der Waals surface area contributed by atoms with Gasteiger partial charge in [-0.05, 0) is 41.9 Å². The van der Waals surface area contributed by atoms with Crippen LogP contribution in [-0.4, -0.2) is 62.2 Å². The van der Waals surface area contributed by atoms with Crippen molar-refractivity contribution in [3.63, 3.8) is 0 Å². The summed E-state index contributed by atoms with van der Waals surface area (Å²) in [5.41, 5.74) is 3.49. The Balaban J connectivity index is 1.05. The molecular weight excluding hydrogens is 444 g/mol. The molecule has 0 spiro atoms. The second kappa shape index (κ2) is 12.8. The van der Waals surface area contributed by atoms with Crippen molar-refractivity contribution in [1.82, 2.24) is 25.8 Å². The minimum Gasteiger partial charge on any atom is -0.384 e. The lowest BCUT2D eigenvalue weighted by Gasteiger charge is -2.23. The largest absolute Gasteiger partial charge is 0.384 e. The van der Waals surface area contributed by atoms with Crippen molar-refractivity contribution in [3.05, 3.63) is 84.2 Å². The van der Waals surface area contributed by atoms with Crippen molar-refractivity contribution in [3.8, 4) is 0 Å². The normalized spacial score (nSPS) is 15.4. The number of aromatic nitrogens is 1. The Morgan fingerprint density at radius 1 is 0.722 bits per heavy atom. The van der Waals surface area contributed by atoms with Gasteiger partial charge in [0.05, 0.1) is 11.4 Å². The molecular formula is C30H38N6. The maximum absolute atomic E-state index is 4.71. The number of nitrogens with zero attached hydrogens (tertiary/aromatic N) is 2. The summed E-state index contributed by atoms with van der Waals surface area (Å²) in [5, 5.41) is 19.7. The number of hydrogen-bond donors (Lipinski definition) is 4. The van der Waals surface area contributed by atoms with E-state index in [1.165, 1.54) is 27.2 Å². The predicted octanol–water partition coefficient (Wildman–Crippen LogP) is 3.97. The molecule has 3 aromatic carbocycles. The maximum atomic E-state index is 4.71. The van der Waals surface area contributed by atoms with Gasteiger partial charge in [0.25, 0.3) is 0 Å². The molecule has 0 amide bonds. The van der Waals surface area contributed by atoms with E-state index in [0.717, 1.165) is 83.3 Å². The van der Waals surface area contributed by atoms with Crippen molar-refractivity contribution in [2.24, 2.45) is 0 Å². The summed E-state index contributed by atoms with van der Waals surface area (Å²) < 4.78 is 0. The van der Waals surface area contributed by atoms with Gasteiger partial charge in [0.1, 0.15) is 0 Å². The van der Waals surface area contributed by atoms with Gasteiger partial charge in [-0.15, -0.1) is 0 Å². The standard InChI is InChI=1S/C30H38N6/c1-3-11-28-24(7-1)21-25-8-2-4-12-29(25)30(28)34-14-6-13-31-15-18-36-19-16-32-22-26-9-5-10-27(35-26)23-33-17-20-36/h1-5,7-12,21,31-34H,6,13-20,22-23H2. The first-order valence-corrected chi connectivity index (χ1v) is 13.3. The van der Waals surface area contributed by atoms with Crippen molar-refractivity contribution >= 4 is 27.2 Å². The van der Waals surface area contributed by atoms with Crippen LogP contribution in [0.1, 0.15) is 17.8 Å². The fourth-order valence-electron chi connectivity index (χ4n) is 4.96. The summed E-state index contributed by atoms with van der Waals surface area (Å²) in [6.07, 6.45) is 1.09. The van der Waals surface area contributed by atoms with Gasteiger partial charge in [-0.2, -0.15) is 0 Å². The van der Waals surface area contributed by atoms with Crippen LogP contribution in [0.5, 0.6) is 0 Å². The Kier molecular flexibility index (Phi) is 8.76. The zero-order valence-electron chi connectivity index (χ0n) is 21.1. The van der Waals surface area contributed by atoms with E-state index in [0.29, 0.717) is 0 Å². The molecule has 5 rings (SSSR count). The molecule has 4 N–H and O–H groups in total. The molecule has 0 saturated heterocycles. The number of hydrogen-bond acceptors (Lipinski definition) is 6. The van der Waals surface area contributed by atoms with Gasteiger partial charge in [-0.1, -0.05) is 54.6 Å². The average Bonchev–Trinajstić information content (AvgIpc) is 2.91. The van der Waals surface area contributed by atoms with E-state index < -0.39 is 0 Å². The Bertz CT molecular complexity index is 1180. The van der Waals surface area contributed by atoms with Gasteiger partial charge < -0.3 is 21.3 Å². The molecule has 0 saturated carbocycles. The van der Waals surface area contributed by atoms with Gasteiger partial charge in [-0.3, -0.25) is 9.88 Å². The lowest BCUT2D eigenvalue weighted by Crippen LogP contribution is -2.41. The van der Waals surface area contributed by atoms with Crippen LogP contribution in [0.4, 0.5) is 5.69 Å². The van der Waals surface area contributed by atoms with Crippen LogP contribution in [0.25, 0.3) is 21.5 Å². The van der Waals surface area contributed by atoms with Gasteiger partial charge in [-0.25, -0.2) is 0 Å². The maximum Gasteiger partial charge on any atom is 0.0545 e. The van der Waals surface area contributed by atoms with E-state index >= 15 is 0 Å². The Labute approximate surface area is 214 Å². The first-order chi connectivity index (χ1) is 17.9. The molecule has 2 heterocycles. The molecule has 2 bridgehead atoms. The number of anilines is 1. The molecule has 0 aliphatic carbocycles. The smallest absolute Gasteiger partial charge is 0.0545 e. The molecule has 6 heteroatoms. The van der Waals surface area contributed by atoms with Crippen LogP contribution in [0.15, 0.2) is 72.8 Å². The Morgan fingerprint density at radius 3 is 2.03 bits per heavy atom. The molecule has 0 atom stereocenters. The summed E-state index contributed by atoms with van der Waals surface area (Å²) in [6, 6.07) is 25.9. The van der Waals surface area contributed by atoms with E-state index in [1.807, 2.05) is 0 Å². The summed E-state index contributed by atoms with van der Waals surface area (Å²) in [6.45, 7) is 9.78. The molecule has 1 aliphatic heterocycles. The first kappa shape index (κ1) is 24.7. The van der Waals surface area contributed by atoms with Crippen molar-refractivity contribution in [2.75, 3.05) is 57.7 Å². The Morgan fingerprint density at radius 2 is 1.36 bits per heavy atom. The van der Waals surface area contributed by atoms with Crippen molar-refractivity contribution < 1.29 is 0 Å². The molecule has 0 unspecified atom stereocenters. The summed E-state index contributed by atoms with van der Waals surface area (Å²) in [5.74, 6) is 0. The average molecular weight is 483 g/mol. The van der Waals surface area contributed by atoms with E-state index in [2.05, 4.69) is 99.0 Å². The predicted molar refractivity (Wildman–Crippen MR) is 152 cm³/mol. The highest BCUT2D eigenvalue weighted by Gasteiger charge is 2.08. The summed E-state index contributed by atoms with van der Waals surface area (Å²) >= 11 is 0. The lowest BCUT2D eigenvalue weighted by atomic mass is 10.0. The minimum absolute atomic E-state index is 0.832. The van der Waals surface area contributed by atoms with Crippen LogP contribution in [-0.2, 0) is 13.1 Å². The second-order valence-corrected chi connectivity index (χ2v) is 9.54. The van der Waals surface area contributed by atoms with E-state index in [4.69, 9.17) is 4.98 Å². The van der Waals surface area contributed by atoms with Crippen LogP contribution < -0.4 is 21.3 Å². The van der Waals surface area contributed by atoms with Crippen LogP contribution >= 0.6 is 0 Å². The molecule has 1 aromatic heterocycles. The Hall–Kier alpha value is -3.03. The zero-order chi connectivity index (χ0) is 24.4. The number of rotatable bonds is 8. The number of pyridine rings is 1. The summed E-state index contributed by atoms with van der Waals surface area (Å²) in [7, 11) is 0. The van der Waals surface area contributed by atoms with Crippen molar-refractivity contribution in [1.29, 1.82) is 0 Å². The molecule has 0 fully saturated rings. The van der Waals surface area contributed by atoms with Gasteiger partial charge in [0.2, 0.25) is 0 Å². The van der Waals surface area contributed by atoms with Gasteiger partial charge in [0.15, 0.2) is 0 Å². The third-order valence-electron chi connectivity index (χ3n) is 6.89. The van der Waals surface area contributed by atoms with E-state index in [1.54, 1.807) is 0 Å². The quantitative estimate of drug-likeness (QED) is 0.225. The SMILES string of the molecule is c1cc2nc(c1)CNCCN(CCNCCCNc1c3ccccc3cc3ccccc13)CCNC2. The van der Waals surface area contributed by atoms with Crippen molar-refractivity contribution in [2.45, 2.75) is 19.5 Å². The summed E-state index contributed by atoms with van der Waals surface area (Å²) in [4.78, 5) is 7.24. The fraction of sp³-hybridized carbons (Fsp3) is 0.367. The second-order valence-electron chi connectivity index (χ2n) is 9.54. The highest BCUT2D eigenvalue weighted by Crippen LogP contribution is 2.32. The lowest BCUT2D eigenvalue weighted by molar-refractivity contribution is 0.270. The van der Waals surface area contributed by atoms with Gasteiger partial charge >= 0.3 is 0 Å². The highest BCUT2D eigenvalue weighted by molar-refractivity contribution is 6.10. The van der Waals surface area contributed by atoms with Crippen LogP contribution in [0.2, 0.25) is 0 Å². The molecule has 188 valence electrons. The minimum atomic E-state index is 0.832. The topological polar surface area (TPSA) is 64.2 Å². The molecule has 4 aromatic rings. The molecule has 1 aliphatic rings. The monoisotopic (exact) mass is 482 g/mol. The molecule has 36 heavy (non-hydrogen) atoms. The van der Waals surface area contributed by atoms with Crippen LogP contribution in [0, 0.1) is 0 Å². The fourth-order valence-corrected chi connectivity index (χ4v) is 4.96. The van der Waals surface area contributed by atoms with E-state index in [-0.39, 0.29) is 0 Å². The third-order valence-corrected chi connectivity index (χ3v) is 6.89. The number of fused-ring (bicyclic) bond motifs is 4. The van der Waals surface area contributed by atoms with Gasteiger partial charge in [0, 0.05) is 75.4 Å². The molecule has 6 nitrogen and oxygen atoms in total. The van der Waals surface area contributed by atoms with Crippen LogP contribution in [0.3, 0.4) is 0 Å². The zero-order valence-corrected chi connectivity index (χ0v) is 21.1. The molecule has 0 radical (unpaired) electrons. The highest BCUT2D eigenvalue weighted by atomic mass is 15.2. The van der Waals surface area contributed by atoms with E-state index in [9.17, 15) is 0 Å². The first-order valence-electron chi connectivity index (χ1n) is 13.3.